The van der Waals surface area contributed by atoms with Crippen molar-refractivity contribution in [1.82, 2.24) is 0 Å². The highest BCUT2D eigenvalue weighted by molar-refractivity contribution is 9.09. The largest absolute Gasteiger partial charge is 0.0888 e. The summed E-state index contributed by atoms with van der Waals surface area (Å²) in [4.78, 5) is 0.774. The third kappa shape index (κ3) is 4.39. The Morgan fingerprint density at radius 2 is 1.81 bits per heavy atom. The molecule has 0 radical (unpaired) electrons. The molecule has 0 nitrogen and oxygen atoms in total. The molecule has 0 amide bonds. The Labute approximate surface area is 111 Å². The average Bonchev–Trinajstić information content (AvgIpc) is 2.41. The Morgan fingerprint density at radius 1 is 1.12 bits per heavy atom. The molecule has 3 atom stereocenters. The molecular weight excluding hydrogens is 260 g/mol. The third-order valence-electron chi connectivity index (χ3n) is 4.31. The zero-order valence-electron chi connectivity index (χ0n) is 11.6. The maximum Gasteiger partial charge on any atom is 0.0174 e. The number of halogens is 1. The Morgan fingerprint density at radius 3 is 2.38 bits per heavy atom. The molecule has 1 saturated carbocycles. The summed E-state index contributed by atoms with van der Waals surface area (Å²) in [7, 11) is 0. The van der Waals surface area contributed by atoms with E-state index in [9.17, 15) is 0 Å². The van der Waals surface area contributed by atoms with Crippen molar-refractivity contribution in [2.75, 3.05) is 0 Å². The van der Waals surface area contributed by atoms with Gasteiger partial charge in [0.05, 0.1) is 0 Å². The fraction of sp³-hybridized carbons (Fsp3) is 1.00. The van der Waals surface area contributed by atoms with Gasteiger partial charge in [-0.3, -0.25) is 0 Å². The summed E-state index contributed by atoms with van der Waals surface area (Å²) >= 11 is 3.90. The van der Waals surface area contributed by atoms with Crippen molar-refractivity contribution in [2.24, 2.45) is 17.3 Å². The topological polar surface area (TPSA) is 0 Å². The van der Waals surface area contributed by atoms with Crippen LogP contribution >= 0.6 is 15.9 Å². The minimum atomic E-state index is 0.515. The first kappa shape index (κ1) is 14.5. The minimum Gasteiger partial charge on any atom is -0.0888 e. The van der Waals surface area contributed by atoms with Gasteiger partial charge in [0, 0.05) is 4.83 Å². The Balaban J connectivity index is 2.46. The van der Waals surface area contributed by atoms with Crippen molar-refractivity contribution < 1.29 is 0 Å². The van der Waals surface area contributed by atoms with Gasteiger partial charge in [-0.05, 0) is 49.4 Å². The molecule has 96 valence electrons. The van der Waals surface area contributed by atoms with Crippen LogP contribution in [0.25, 0.3) is 0 Å². The van der Waals surface area contributed by atoms with E-state index >= 15 is 0 Å². The molecule has 0 saturated heterocycles. The van der Waals surface area contributed by atoms with Gasteiger partial charge in [-0.15, -0.1) is 0 Å². The average molecular weight is 289 g/mol. The standard InChI is InChI=1S/C15H29Br/c1-5-7-14(16)12-8-6-9-13(11-10-12)15(2,3)4/h12-14H,5-11H2,1-4H3. The van der Waals surface area contributed by atoms with Crippen molar-refractivity contribution >= 4 is 15.9 Å². The molecule has 0 heterocycles. The molecule has 0 aliphatic heterocycles. The first-order valence-electron chi connectivity index (χ1n) is 7.09. The van der Waals surface area contributed by atoms with Crippen molar-refractivity contribution in [3.8, 4) is 0 Å². The van der Waals surface area contributed by atoms with Crippen LogP contribution in [0.3, 0.4) is 0 Å². The lowest BCUT2D eigenvalue weighted by molar-refractivity contribution is 0.212. The van der Waals surface area contributed by atoms with Crippen LogP contribution in [0.15, 0.2) is 0 Å². The van der Waals surface area contributed by atoms with Gasteiger partial charge < -0.3 is 0 Å². The maximum absolute atomic E-state index is 3.90. The van der Waals surface area contributed by atoms with Gasteiger partial charge in [0.15, 0.2) is 0 Å². The zero-order chi connectivity index (χ0) is 12.2. The van der Waals surface area contributed by atoms with Crippen LogP contribution in [-0.2, 0) is 0 Å². The van der Waals surface area contributed by atoms with Crippen molar-refractivity contribution in [3.05, 3.63) is 0 Å². The van der Waals surface area contributed by atoms with Crippen molar-refractivity contribution in [2.45, 2.75) is 77.5 Å². The molecule has 1 aliphatic rings. The van der Waals surface area contributed by atoms with E-state index in [0.717, 1.165) is 16.7 Å². The zero-order valence-corrected chi connectivity index (χ0v) is 13.1. The second-order valence-electron chi connectivity index (χ2n) is 6.64. The van der Waals surface area contributed by atoms with Gasteiger partial charge in [0.25, 0.3) is 0 Å². The molecule has 3 unspecified atom stereocenters. The number of alkyl halides is 1. The summed E-state index contributed by atoms with van der Waals surface area (Å²) in [6.45, 7) is 9.53. The molecule has 0 N–H and O–H groups in total. The van der Waals surface area contributed by atoms with Gasteiger partial charge in [0.2, 0.25) is 0 Å². The first-order chi connectivity index (χ1) is 7.45. The van der Waals surface area contributed by atoms with Crippen LogP contribution in [0.1, 0.15) is 72.6 Å². The van der Waals surface area contributed by atoms with Gasteiger partial charge in [-0.25, -0.2) is 0 Å². The summed E-state index contributed by atoms with van der Waals surface area (Å²) in [5, 5.41) is 0. The fourth-order valence-corrected chi connectivity index (χ4v) is 4.06. The summed E-state index contributed by atoms with van der Waals surface area (Å²) in [5.74, 6) is 1.88. The molecule has 0 bridgehead atoms. The monoisotopic (exact) mass is 288 g/mol. The Bertz CT molecular complexity index is 192. The van der Waals surface area contributed by atoms with E-state index in [-0.39, 0.29) is 0 Å². The van der Waals surface area contributed by atoms with Crippen LogP contribution in [0, 0.1) is 17.3 Å². The number of rotatable bonds is 3. The molecule has 0 aromatic carbocycles. The van der Waals surface area contributed by atoms with E-state index in [4.69, 9.17) is 0 Å². The number of hydrogen-bond acceptors (Lipinski definition) is 0. The fourth-order valence-electron chi connectivity index (χ4n) is 3.07. The lowest BCUT2D eigenvalue weighted by Crippen LogP contribution is -2.20. The molecule has 1 heteroatoms. The van der Waals surface area contributed by atoms with E-state index in [1.807, 2.05) is 0 Å². The highest BCUT2D eigenvalue weighted by atomic mass is 79.9. The summed E-state index contributed by atoms with van der Waals surface area (Å²) in [5.41, 5.74) is 0.515. The predicted molar refractivity (Wildman–Crippen MR) is 77.1 cm³/mol. The second kappa shape index (κ2) is 6.42. The SMILES string of the molecule is CCCC(Br)C1CCCC(C(C)(C)C)CC1. The van der Waals surface area contributed by atoms with Crippen molar-refractivity contribution in [3.63, 3.8) is 0 Å². The van der Waals surface area contributed by atoms with Crippen LogP contribution < -0.4 is 0 Å². The van der Waals surface area contributed by atoms with Gasteiger partial charge >= 0.3 is 0 Å². The van der Waals surface area contributed by atoms with E-state index < -0.39 is 0 Å². The summed E-state index contributed by atoms with van der Waals surface area (Å²) < 4.78 is 0. The van der Waals surface area contributed by atoms with Gasteiger partial charge in [-0.1, -0.05) is 56.5 Å². The quantitative estimate of drug-likeness (QED) is 0.455. The Kier molecular flexibility index (Phi) is 5.84. The molecule has 0 spiro atoms. The Hall–Kier alpha value is 0.480. The molecule has 0 aromatic rings. The molecule has 1 rings (SSSR count). The normalized spacial score (nSPS) is 29.8. The minimum absolute atomic E-state index is 0.515. The highest BCUT2D eigenvalue weighted by Crippen LogP contribution is 2.40. The summed E-state index contributed by atoms with van der Waals surface area (Å²) in [6, 6.07) is 0. The lowest BCUT2D eigenvalue weighted by Gasteiger charge is -2.30. The van der Waals surface area contributed by atoms with Crippen LogP contribution in [0.5, 0.6) is 0 Å². The van der Waals surface area contributed by atoms with Gasteiger partial charge in [-0.2, -0.15) is 0 Å². The maximum atomic E-state index is 3.90. The van der Waals surface area contributed by atoms with Crippen LogP contribution in [0.2, 0.25) is 0 Å². The van der Waals surface area contributed by atoms with Crippen LogP contribution in [-0.4, -0.2) is 4.83 Å². The molecule has 1 fully saturated rings. The van der Waals surface area contributed by atoms with Crippen LogP contribution in [0.4, 0.5) is 0 Å². The highest BCUT2D eigenvalue weighted by Gasteiger charge is 2.29. The molecular formula is C15H29Br. The second-order valence-corrected chi connectivity index (χ2v) is 7.81. The molecule has 16 heavy (non-hydrogen) atoms. The van der Waals surface area contributed by atoms with Crippen molar-refractivity contribution in [1.29, 1.82) is 0 Å². The van der Waals surface area contributed by atoms with E-state index in [0.29, 0.717) is 5.41 Å². The number of hydrogen-bond donors (Lipinski definition) is 0. The smallest absolute Gasteiger partial charge is 0.0174 e. The van der Waals surface area contributed by atoms with E-state index in [1.54, 1.807) is 0 Å². The first-order valence-corrected chi connectivity index (χ1v) is 8.00. The lowest BCUT2D eigenvalue weighted by atomic mass is 9.76. The van der Waals surface area contributed by atoms with E-state index in [2.05, 4.69) is 43.6 Å². The molecule has 1 aliphatic carbocycles. The molecule has 0 aromatic heterocycles. The third-order valence-corrected chi connectivity index (χ3v) is 5.52. The summed E-state index contributed by atoms with van der Waals surface area (Å²) in [6.07, 6.45) is 9.89. The van der Waals surface area contributed by atoms with Gasteiger partial charge in [0.1, 0.15) is 0 Å². The van der Waals surface area contributed by atoms with E-state index in [1.165, 1.54) is 44.9 Å². The predicted octanol–water partition coefficient (Wildman–Crippen LogP) is 5.79.